The van der Waals surface area contributed by atoms with Gasteiger partial charge in [-0.3, -0.25) is 14.5 Å². The summed E-state index contributed by atoms with van der Waals surface area (Å²) in [5, 5.41) is -0.251. The van der Waals surface area contributed by atoms with Crippen molar-refractivity contribution in [3.63, 3.8) is 0 Å². The summed E-state index contributed by atoms with van der Waals surface area (Å²) in [5.74, 6) is -0.146. The number of hydrogen-bond acceptors (Lipinski definition) is 5. The van der Waals surface area contributed by atoms with E-state index in [9.17, 15) is 14.4 Å². The molecule has 5 nitrogen and oxygen atoms in total. The van der Waals surface area contributed by atoms with Crippen molar-refractivity contribution in [2.75, 3.05) is 5.75 Å². The zero-order valence-corrected chi connectivity index (χ0v) is 12.7. The van der Waals surface area contributed by atoms with Gasteiger partial charge in [0.1, 0.15) is 23.0 Å². The first-order chi connectivity index (χ1) is 9.26. The van der Waals surface area contributed by atoms with Crippen LogP contribution in [0.15, 0.2) is 22.9 Å². The number of thioether (sulfide) groups is 1. The fourth-order valence-corrected chi connectivity index (χ4v) is 3.36. The summed E-state index contributed by atoms with van der Waals surface area (Å²) >= 11 is 1.52. The molecule has 108 valence electrons. The van der Waals surface area contributed by atoms with E-state index in [0.29, 0.717) is 23.3 Å². The Labute approximate surface area is 122 Å². The van der Waals surface area contributed by atoms with E-state index in [-0.39, 0.29) is 11.3 Å². The van der Waals surface area contributed by atoms with Crippen molar-refractivity contribution in [3.8, 4) is 0 Å². The molecule has 0 aromatic carbocycles. The maximum Gasteiger partial charge on any atom is 0.355 e. The lowest BCUT2D eigenvalue weighted by atomic mass is 10.0. The highest BCUT2D eigenvalue weighted by Crippen LogP contribution is 2.43. The second kappa shape index (κ2) is 5.09. The zero-order valence-electron chi connectivity index (χ0n) is 11.9. The lowest BCUT2D eigenvalue weighted by molar-refractivity contribution is -0.155. The number of hydrogen-bond donors (Lipinski definition) is 0. The summed E-state index contributed by atoms with van der Waals surface area (Å²) in [6, 6.07) is 0. The van der Waals surface area contributed by atoms with Crippen molar-refractivity contribution in [3.05, 3.63) is 22.9 Å². The Morgan fingerprint density at radius 2 is 2.10 bits per heavy atom. The molecular weight excluding hydrogens is 278 g/mol. The van der Waals surface area contributed by atoms with Crippen molar-refractivity contribution in [2.45, 2.75) is 38.7 Å². The molecule has 1 saturated heterocycles. The van der Waals surface area contributed by atoms with Crippen LogP contribution in [0.1, 0.15) is 27.7 Å². The van der Waals surface area contributed by atoms with Gasteiger partial charge in [-0.05, 0) is 39.3 Å². The van der Waals surface area contributed by atoms with E-state index in [1.807, 2.05) is 6.92 Å². The molecule has 1 amide bonds. The summed E-state index contributed by atoms with van der Waals surface area (Å²) in [6.07, 6.45) is 1.87. The van der Waals surface area contributed by atoms with Gasteiger partial charge in [0, 0.05) is 5.75 Å². The molecule has 0 saturated carbocycles. The first kappa shape index (κ1) is 14.8. The number of aldehydes is 1. The minimum absolute atomic E-state index is 0.251. The highest BCUT2D eigenvalue weighted by atomic mass is 32.2. The third kappa shape index (κ3) is 2.52. The summed E-state index contributed by atoms with van der Waals surface area (Å²) < 4.78 is 5.35. The summed E-state index contributed by atoms with van der Waals surface area (Å²) in [5.41, 5.74) is 0.967. The van der Waals surface area contributed by atoms with Crippen LogP contribution in [0.4, 0.5) is 0 Å². The minimum atomic E-state index is -0.611. The van der Waals surface area contributed by atoms with E-state index in [1.54, 1.807) is 20.8 Å². The largest absolute Gasteiger partial charge is 0.455 e. The molecule has 6 heteroatoms. The molecule has 2 aliphatic rings. The number of carbonyl (C=O) groups is 3. The molecule has 0 unspecified atom stereocenters. The fraction of sp³-hybridized carbons (Fsp3) is 0.500. The predicted octanol–water partition coefficient (Wildman–Crippen LogP) is 1.64. The molecule has 0 aromatic rings. The summed E-state index contributed by atoms with van der Waals surface area (Å²) in [4.78, 5) is 36.3. The first-order valence-electron chi connectivity index (χ1n) is 6.30. The van der Waals surface area contributed by atoms with Crippen molar-refractivity contribution in [1.82, 2.24) is 4.90 Å². The van der Waals surface area contributed by atoms with Crippen molar-refractivity contribution in [2.24, 2.45) is 0 Å². The van der Waals surface area contributed by atoms with Crippen LogP contribution in [-0.2, 0) is 19.1 Å². The van der Waals surface area contributed by atoms with E-state index < -0.39 is 11.6 Å². The molecule has 2 aliphatic heterocycles. The maximum absolute atomic E-state index is 12.3. The molecule has 2 rings (SSSR count). The van der Waals surface area contributed by atoms with Gasteiger partial charge < -0.3 is 4.74 Å². The van der Waals surface area contributed by atoms with Crippen LogP contribution < -0.4 is 0 Å². The van der Waals surface area contributed by atoms with E-state index in [0.717, 1.165) is 5.57 Å². The standard InChI is InChI=1S/C14H17NO4S/c1-8-7-20-12-9(5-6-16)11(17)15(12)10(8)13(18)19-14(2,3)4/h5-6,12H,7H2,1-4H3/b9-5-/t12-/m1/s1. The monoisotopic (exact) mass is 295 g/mol. The van der Waals surface area contributed by atoms with E-state index in [4.69, 9.17) is 4.74 Å². The molecule has 1 atom stereocenters. The second-order valence-electron chi connectivity index (χ2n) is 5.73. The average molecular weight is 295 g/mol. The SMILES string of the molecule is CC1=C(C(=O)OC(C)(C)C)N2C(=O)/C(=C/C=O)[C@H]2SC1. The number of esters is 1. The summed E-state index contributed by atoms with van der Waals surface area (Å²) in [6.45, 7) is 7.17. The van der Waals surface area contributed by atoms with Gasteiger partial charge in [0.25, 0.3) is 5.91 Å². The predicted molar refractivity (Wildman–Crippen MR) is 75.8 cm³/mol. The molecule has 2 heterocycles. The number of fused-ring (bicyclic) bond motifs is 1. The van der Waals surface area contributed by atoms with Crippen molar-refractivity contribution in [1.29, 1.82) is 0 Å². The van der Waals surface area contributed by atoms with Crippen LogP contribution in [0.25, 0.3) is 0 Å². The lowest BCUT2D eigenvalue weighted by Crippen LogP contribution is -2.56. The van der Waals surface area contributed by atoms with Gasteiger partial charge in [-0.15, -0.1) is 11.8 Å². The van der Waals surface area contributed by atoms with Gasteiger partial charge >= 0.3 is 5.97 Å². The van der Waals surface area contributed by atoms with E-state index in [2.05, 4.69) is 0 Å². The van der Waals surface area contributed by atoms with Crippen molar-refractivity contribution < 1.29 is 19.1 Å². The Kier molecular flexibility index (Phi) is 3.77. The van der Waals surface area contributed by atoms with Crippen molar-refractivity contribution >= 4 is 29.9 Å². The number of β-lactam (4-membered cyclic amide) rings is 1. The lowest BCUT2D eigenvalue weighted by Gasteiger charge is -2.46. The van der Waals surface area contributed by atoms with Crippen LogP contribution in [0.5, 0.6) is 0 Å². The average Bonchev–Trinajstić information content (AvgIpc) is 2.33. The third-order valence-electron chi connectivity index (χ3n) is 2.91. The molecule has 0 spiro atoms. The Bertz CT molecular complexity index is 542. The number of carbonyl (C=O) groups excluding carboxylic acids is 3. The molecule has 1 fully saturated rings. The van der Waals surface area contributed by atoms with Gasteiger partial charge in [-0.25, -0.2) is 4.79 Å². The van der Waals surface area contributed by atoms with Crippen LogP contribution in [0.3, 0.4) is 0 Å². The highest BCUT2D eigenvalue weighted by molar-refractivity contribution is 8.00. The minimum Gasteiger partial charge on any atom is -0.455 e. The van der Waals surface area contributed by atoms with Gasteiger partial charge in [0.05, 0.1) is 5.57 Å². The third-order valence-corrected chi connectivity index (χ3v) is 4.29. The van der Waals surface area contributed by atoms with Gasteiger partial charge in [0.15, 0.2) is 0 Å². The quantitative estimate of drug-likeness (QED) is 0.335. The van der Waals surface area contributed by atoms with E-state index in [1.165, 1.54) is 22.7 Å². The van der Waals surface area contributed by atoms with Gasteiger partial charge in [-0.1, -0.05) is 0 Å². The Balaban J connectivity index is 2.29. The molecule has 0 aliphatic carbocycles. The first-order valence-corrected chi connectivity index (χ1v) is 7.34. The van der Waals surface area contributed by atoms with Crippen LogP contribution >= 0.6 is 11.8 Å². The number of rotatable bonds is 2. The topological polar surface area (TPSA) is 63.7 Å². The summed E-state index contributed by atoms with van der Waals surface area (Å²) in [7, 11) is 0. The van der Waals surface area contributed by atoms with E-state index >= 15 is 0 Å². The van der Waals surface area contributed by atoms with Crippen LogP contribution in [0, 0.1) is 0 Å². The molecule has 0 radical (unpaired) electrons. The molecule has 0 N–H and O–H groups in total. The smallest absolute Gasteiger partial charge is 0.355 e. The Morgan fingerprint density at radius 1 is 1.45 bits per heavy atom. The Hall–Kier alpha value is -1.56. The molecular formula is C14H17NO4S. The van der Waals surface area contributed by atoms with Crippen LogP contribution in [0.2, 0.25) is 0 Å². The highest BCUT2D eigenvalue weighted by Gasteiger charge is 2.49. The second-order valence-corrected chi connectivity index (χ2v) is 6.80. The maximum atomic E-state index is 12.3. The number of ether oxygens (including phenoxy) is 1. The molecule has 20 heavy (non-hydrogen) atoms. The fourth-order valence-electron chi connectivity index (χ4n) is 2.11. The molecule has 0 aromatic heterocycles. The normalized spacial score (nSPS) is 24.4. The zero-order chi connectivity index (χ0) is 15.1. The van der Waals surface area contributed by atoms with Gasteiger partial charge in [-0.2, -0.15) is 0 Å². The Morgan fingerprint density at radius 3 is 2.65 bits per heavy atom. The number of nitrogens with zero attached hydrogens (tertiary/aromatic N) is 1. The molecule has 0 bridgehead atoms. The number of allylic oxidation sites excluding steroid dienone is 1. The van der Waals surface area contributed by atoms with Gasteiger partial charge in [0.2, 0.25) is 0 Å². The number of amides is 1. The van der Waals surface area contributed by atoms with Crippen LogP contribution in [-0.4, -0.2) is 39.8 Å².